The fraction of sp³-hybridized carbons (Fsp3) is 0.833. The van der Waals surface area contributed by atoms with Crippen molar-refractivity contribution in [2.24, 2.45) is 11.3 Å². The minimum atomic E-state index is -0.874. The van der Waals surface area contributed by atoms with E-state index in [1.54, 1.807) is 0 Å². The lowest BCUT2D eigenvalue weighted by atomic mass is 9.74. The average molecular weight is 212 g/mol. The first-order valence-electron chi connectivity index (χ1n) is 5.75. The number of hydrogen-bond acceptors (Lipinski definition) is 1. The molecular weight excluding hydrogens is 188 g/mol. The zero-order valence-electron chi connectivity index (χ0n) is 10.3. The fourth-order valence-corrected chi connectivity index (χ4v) is 2.83. The van der Waals surface area contributed by atoms with Crippen LogP contribution in [0.2, 0.25) is 13.1 Å². The summed E-state index contributed by atoms with van der Waals surface area (Å²) in [4.78, 5) is 0. The highest BCUT2D eigenvalue weighted by Crippen LogP contribution is 2.37. The lowest BCUT2D eigenvalue weighted by molar-refractivity contribution is 0.207. The molecule has 0 saturated heterocycles. The Bertz CT molecular complexity index is 213. The summed E-state index contributed by atoms with van der Waals surface area (Å²) in [6.45, 7) is 11.5. The quantitative estimate of drug-likeness (QED) is 0.634. The van der Waals surface area contributed by atoms with E-state index >= 15 is 0 Å². The molecule has 1 aliphatic carbocycles. The molecule has 1 aliphatic rings. The third-order valence-corrected chi connectivity index (χ3v) is 3.76. The van der Waals surface area contributed by atoms with Gasteiger partial charge in [-0.25, -0.2) is 0 Å². The van der Waals surface area contributed by atoms with Gasteiger partial charge in [0.05, 0.1) is 5.76 Å². The van der Waals surface area contributed by atoms with Gasteiger partial charge < -0.3 is 4.43 Å². The molecule has 0 bridgehead atoms. The Hall–Kier alpha value is -0.243. The van der Waals surface area contributed by atoms with Crippen LogP contribution < -0.4 is 0 Å². The van der Waals surface area contributed by atoms with Crippen molar-refractivity contribution in [1.82, 2.24) is 0 Å². The maximum Gasteiger partial charge on any atom is 0.229 e. The molecule has 14 heavy (non-hydrogen) atoms. The van der Waals surface area contributed by atoms with Gasteiger partial charge >= 0.3 is 0 Å². The molecule has 0 radical (unpaired) electrons. The van der Waals surface area contributed by atoms with Crippen LogP contribution in [0.3, 0.4) is 0 Å². The molecule has 0 spiro atoms. The van der Waals surface area contributed by atoms with Gasteiger partial charge in [0.15, 0.2) is 0 Å². The topological polar surface area (TPSA) is 9.23 Å². The average Bonchev–Trinajstić information content (AvgIpc) is 2.02. The standard InChI is InChI=1S/C12H24OSi/c1-12(2,3)10-6-8-11(9-7-10)13-14(4)5/h8,10,14H,6-7,9H2,1-5H3. The van der Waals surface area contributed by atoms with E-state index in [0.717, 1.165) is 12.3 Å². The Morgan fingerprint density at radius 1 is 1.36 bits per heavy atom. The molecule has 0 amide bonds. The number of allylic oxidation sites excluding steroid dienone is 2. The van der Waals surface area contributed by atoms with Gasteiger partial charge in [-0.15, -0.1) is 0 Å². The van der Waals surface area contributed by atoms with E-state index in [1.165, 1.54) is 18.6 Å². The molecule has 0 aromatic rings. The van der Waals surface area contributed by atoms with Crippen LogP contribution in [0.1, 0.15) is 40.0 Å². The molecule has 2 heteroatoms. The summed E-state index contributed by atoms with van der Waals surface area (Å²) in [6, 6.07) is 0. The van der Waals surface area contributed by atoms with Crippen LogP contribution in [0.4, 0.5) is 0 Å². The van der Waals surface area contributed by atoms with E-state index < -0.39 is 9.04 Å². The SMILES string of the molecule is C[SiH](C)OC1=CCC(C(C)(C)C)CC1. The summed E-state index contributed by atoms with van der Waals surface area (Å²) in [5.74, 6) is 2.11. The molecule has 82 valence electrons. The largest absolute Gasteiger partial charge is 0.550 e. The zero-order chi connectivity index (χ0) is 10.8. The van der Waals surface area contributed by atoms with Crippen LogP contribution in [0.25, 0.3) is 0 Å². The van der Waals surface area contributed by atoms with Gasteiger partial charge in [-0.1, -0.05) is 20.8 Å². The molecule has 1 nitrogen and oxygen atoms in total. The number of hydrogen-bond donors (Lipinski definition) is 0. The van der Waals surface area contributed by atoms with Crippen molar-refractivity contribution in [2.75, 3.05) is 0 Å². The van der Waals surface area contributed by atoms with Gasteiger partial charge in [0.2, 0.25) is 9.04 Å². The molecule has 1 rings (SSSR count). The molecule has 1 unspecified atom stereocenters. The van der Waals surface area contributed by atoms with E-state index in [1.807, 2.05) is 0 Å². The first-order chi connectivity index (χ1) is 6.39. The Balaban J connectivity index is 2.47. The molecule has 0 heterocycles. The van der Waals surface area contributed by atoms with E-state index in [0.29, 0.717) is 5.41 Å². The van der Waals surface area contributed by atoms with Crippen molar-refractivity contribution in [1.29, 1.82) is 0 Å². The Kier molecular flexibility index (Phi) is 3.82. The predicted octanol–water partition coefficient (Wildman–Crippen LogP) is 3.72. The molecule has 1 atom stereocenters. The van der Waals surface area contributed by atoms with E-state index in [-0.39, 0.29) is 0 Å². The van der Waals surface area contributed by atoms with Gasteiger partial charge in [0.1, 0.15) is 0 Å². The third kappa shape index (κ3) is 3.49. The van der Waals surface area contributed by atoms with Crippen LogP contribution in [-0.2, 0) is 4.43 Å². The summed E-state index contributed by atoms with van der Waals surface area (Å²) in [6.07, 6.45) is 6.00. The van der Waals surface area contributed by atoms with Crippen molar-refractivity contribution < 1.29 is 4.43 Å². The van der Waals surface area contributed by atoms with Crippen LogP contribution in [0.5, 0.6) is 0 Å². The molecule has 0 saturated carbocycles. The normalized spacial score (nSPS) is 23.6. The smallest absolute Gasteiger partial charge is 0.229 e. The number of rotatable bonds is 2. The Morgan fingerprint density at radius 3 is 2.36 bits per heavy atom. The minimum absolute atomic E-state index is 0.456. The van der Waals surface area contributed by atoms with Gasteiger partial charge in [0.25, 0.3) is 0 Å². The highest BCUT2D eigenvalue weighted by Gasteiger charge is 2.26. The molecule has 0 aromatic heterocycles. The lowest BCUT2D eigenvalue weighted by Gasteiger charge is -2.33. The summed E-state index contributed by atoms with van der Waals surface area (Å²) >= 11 is 0. The first-order valence-corrected chi connectivity index (χ1v) is 8.53. The van der Waals surface area contributed by atoms with Crippen molar-refractivity contribution in [2.45, 2.75) is 53.1 Å². The lowest BCUT2D eigenvalue weighted by Crippen LogP contribution is -2.23. The van der Waals surface area contributed by atoms with Crippen LogP contribution in [0, 0.1) is 11.3 Å². The van der Waals surface area contributed by atoms with E-state index in [9.17, 15) is 0 Å². The van der Waals surface area contributed by atoms with Crippen molar-refractivity contribution in [3.63, 3.8) is 0 Å². The maximum atomic E-state index is 5.85. The Morgan fingerprint density at radius 2 is 2.00 bits per heavy atom. The fourth-order valence-electron chi connectivity index (χ4n) is 2.01. The highest BCUT2D eigenvalue weighted by molar-refractivity contribution is 6.48. The van der Waals surface area contributed by atoms with Gasteiger partial charge in [-0.3, -0.25) is 0 Å². The second-order valence-corrected chi connectivity index (χ2v) is 8.01. The van der Waals surface area contributed by atoms with Crippen molar-refractivity contribution >= 4 is 9.04 Å². The molecule has 0 N–H and O–H groups in total. The monoisotopic (exact) mass is 212 g/mol. The van der Waals surface area contributed by atoms with Gasteiger partial charge in [0, 0.05) is 6.42 Å². The molecular formula is C12H24OSi. The highest BCUT2D eigenvalue weighted by atomic mass is 28.3. The first kappa shape index (κ1) is 11.8. The second kappa shape index (κ2) is 4.52. The van der Waals surface area contributed by atoms with E-state index in [4.69, 9.17) is 4.43 Å². The second-order valence-electron chi connectivity index (χ2n) is 5.67. The summed E-state index contributed by atoms with van der Waals surface area (Å²) in [5.41, 5.74) is 0.456. The minimum Gasteiger partial charge on any atom is -0.550 e. The summed E-state index contributed by atoms with van der Waals surface area (Å²) in [7, 11) is -0.874. The predicted molar refractivity (Wildman–Crippen MR) is 64.8 cm³/mol. The van der Waals surface area contributed by atoms with Gasteiger partial charge in [-0.05, 0) is 43.3 Å². The summed E-state index contributed by atoms with van der Waals surface area (Å²) < 4.78 is 5.85. The summed E-state index contributed by atoms with van der Waals surface area (Å²) in [5, 5.41) is 0. The van der Waals surface area contributed by atoms with Gasteiger partial charge in [-0.2, -0.15) is 0 Å². The van der Waals surface area contributed by atoms with Crippen molar-refractivity contribution in [3.8, 4) is 0 Å². The molecule has 0 aliphatic heterocycles. The van der Waals surface area contributed by atoms with Crippen molar-refractivity contribution in [3.05, 3.63) is 11.8 Å². The van der Waals surface area contributed by atoms with Crippen LogP contribution in [0.15, 0.2) is 11.8 Å². The third-order valence-electron chi connectivity index (χ3n) is 2.98. The van der Waals surface area contributed by atoms with Crippen LogP contribution >= 0.6 is 0 Å². The molecule has 0 aromatic carbocycles. The van der Waals surface area contributed by atoms with Crippen LogP contribution in [-0.4, -0.2) is 9.04 Å². The Labute approximate surface area is 90.3 Å². The zero-order valence-corrected chi connectivity index (χ0v) is 11.4. The molecule has 0 fully saturated rings. The maximum absolute atomic E-state index is 5.85. The van der Waals surface area contributed by atoms with E-state index in [2.05, 4.69) is 39.9 Å².